The summed E-state index contributed by atoms with van der Waals surface area (Å²) in [7, 11) is 0. The first-order chi connectivity index (χ1) is 15.1. The number of para-hydroxylation sites is 1. The highest BCUT2D eigenvalue weighted by molar-refractivity contribution is 5.96. The molecule has 1 atom stereocenters. The zero-order valence-electron chi connectivity index (χ0n) is 18.3. The highest BCUT2D eigenvalue weighted by Crippen LogP contribution is 2.39. The van der Waals surface area contributed by atoms with Crippen LogP contribution in [-0.4, -0.2) is 36.7 Å². The Labute approximate surface area is 183 Å². The predicted octanol–water partition coefficient (Wildman–Crippen LogP) is 5.03. The first kappa shape index (κ1) is 21.8. The van der Waals surface area contributed by atoms with Crippen molar-refractivity contribution in [3.8, 4) is 11.5 Å². The number of ether oxygens (including phenoxy) is 3. The van der Waals surface area contributed by atoms with E-state index in [9.17, 15) is 4.79 Å². The molecule has 0 saturated carbocycles. The van der Waals surface area contributed by atoms with Crippen LogP contribution in [0.2, 0.25) is 0 Å². The van der Waals surface area contributed by atoms with Crippen LogP contribution in [0, 0.1) is 12.7 Å². The molecule has 0 unspecified atom stereocenters. The van der Waals surface area contributed by atoms with Gasteiger partial charge in [0.15, 0.2) is 0 Å². The average molecular weight is 428 g/mol. The van der Waals surface area contributed by atoms with Gasteiger partial charge in [-0.3, -0.25) is 4.90 Å². The molecule has 4 rings (SSSR count). The normalized spacial score (nSPS) is 18.2. The molecule has 166 valence electrons. The second kappa shape index (κ2) is 9.79. The number of hydrogen-bond acceptors (Lipinski definition) is 5. The van der Waals surface area contributed by atoms with E-state index >= 15 is 4.39 Å². The Hall–Kier alpha value is -2.44. The van der Waals surface area contributed by atoms with Gasteiger partial charge in [-0.05, 0) is 38.3 Å². The number of benzene rings is 2. The van der Waals surface area contributed by atoms with Crippen molar-refractivity contribution >= 4 is 5.97 Å². The summed E-state index contributed by atoms with van der Waals surface area (Å²) in [6, 6.07) is 8.84. The van der Waals surface area contributed by atoms with Crippen LogP contribution >= 0.6 is 0 Å². The maximum atomic E-state index is 15.4. The van der Waals surface area contributed by atoms with Gasteiger partial charge < -0.3 is 14.2 Å². The molecule has 2 heterocycles. The SMILES string of the molecule is CCCCOc1c2c(c(F)c(C)c1C(=O)Oc1ccccc1)CN(C[C@@H]1CCCO1)C2. The number of unbranched alkanes of at least 4 members (excludes halogenated alkanes) is 1. The van der Waals surface area contributed by atoms with Crippen LogP contribution in [0.1, 0.15) is 59.7 Å². The van der Waals surface area contributed by atoms with Crippen LogP contribution in [-0.2, 0) is 17.8 Å². The summed E-state index contributed by atoms with van der Waals surface area (Å²) in [5.74, 6) is -0.0346. The second-order valence-corrected chi connectivity index (χ2v) is 8.31. The van der Waals surface area contributed by atoms with Crippen LogP contribution in [0.3, 0.4) is 0 Å². The van der Waals surface area contributed by atoms with Gasteiger partial charge in [0.2, 0.25) is 0 Å². The third kappa shape index (κ3) is 4.75. The molecule has 5 nitrogen and oxygen atoms in total. The van der Waals surface area contributed by atoms with Crippen LogP contribution < -0.4 is 9.47 Å². The lowest BCUT2D eigenvalue weighted by Gasteiger charge is -2.19. The summed E-state index contributed by atoms with van der Waals surface area (Å²) in [5, 5.41) is 0. The van der Waals surface area contributed by atoms with E-state index in [0.717, 1.165) is 44.4 Å². The van der Waals surface area contributed by atoms with Crippen LogP contribution in [0.4, 0.5) is 4.39 Å². The lowest BCUT2D eigenvalue weighted by molar-refractivity contribution is 0.0714. The van der Waals surface area contributed by atoms with Gasteiger partial charge in [0.05, 0.1) is 12.7 Å². The first-order valence-corrected chi connectivity index (χ1v) is 11.2. The Bertz CT molecular complexity index is 925. The molecule has 2 aromatic rings. The molecule has 0 aromatic heterocycles. The van der Waals surface area contributed by atoms with Gasteiger partial charge in [-0.1, -0.05) is 31.5 Å². The standard InChI is InChI=1S/C25H30FNO4/c1-3-4-12-30-24-21-16-27(14-19-11-8-13-29-19)15-20(21)23(26)17(2)22(24)25(28)31-18-9-6-5-7-10-18/h5-7,9-10,19H,3-4,8,11-16H2,1-2H3/t19-/m0/s1. The van der Waals surface area contributed by atoms with E-state index in [0.29, 0.717) is 36.8 Å². The number of carbonyl (C=O) groups excluding carboxylic acids is 1. The molecule has 0 radical (unpaired) electrons. The van der Waals surface area contributed by atoms with Crippen molar-refractivity contribution in [2.45, 2.75) is 58.7 Å². The third-order valence-electron chi connectivity index (χ3n) is 5.99. The largest absolute Gasteiger partial charge is 0.492 e. The van der Waals surface area contributed by atoms with E-state index in [-0.39, 0.29) is 23.0 Å². The molecular formula is C25H30FNO4. The molecule has 1 saturated heterocycles. The summed E-state index contributed by atoms with van der Waals surface area (Å²) in [5.41, 5.74) is 1.86. The van der Waals surface area contributed by atoms with E-state index in [2.05, 4.69) is 11.8 Å². The molecule has 0 bridgehead atoms. The highest BCUT2D eigenvalue weighted by Gasteiger charge is 2.34. The predicted molar refractivity (Wildman–Crippen MR) is 116 cm³/mol. The summed E-state index contributed by atoms with van der Waals surface area (Å²) >= 11 is 0. The molecule has 0 spiro atoms. The molecule has 0 amide bonds. The highest BCUT2D eigenvalue weighted by atomic mass is 19.1. The van der Waals surface area contributed by atoms with Gasteiger partial charge in [0.1, 0.15) is 22.9 Å². The molecule has 0 N–H and O–H groups in total. The van der Waals surface area contributed by atoms with Crippen molar-refractivity contribution in [2.24, 2.45) is 0 Å². The minimum absolute atomic E-state index is 0.186. The third-order valence-corrected chi connectivity index (χ3v) is 5.99. The topological polar surface area (TPSA) is 48.0 Å². The smallest absolute Gasteiger partial charge is 0.347 e. The summed E-state index contributed by atoms with van der Waals surface area (Å²) in [4.78, 5) is 15.3. The molecular weight excluding hydrogens is 397 g/mol. The van der Waals surface area contributed by atoms with E-state index in [4.69, 9.17) is 14.2 Å². The average Bonchev–Trinajstić information content (AvgIpc) is 3.43. The van der Waals surface area contributed by atoms with Crippen LogP contribution in [0.5, 0.6) is 11.5 Å². The Balaban J connectivity index is 1.66. The van der Waals surface area contributed by atoms with Gasteiger partial charge in [-0.25, -0.2) is 9.18 Å². The molecule has 31 heavy (non-hydrogen) atoms. The van der Waals surface area contributed by atoms with Crippen molar-refractivity contribution in [2.75, 3.05) is 19.8 Å². The minimum Gasteiger partial charge on any atom is -0.492 e. The fourth-order valence-corrected chi connectivity index (χ4v) is 4.34. The van der Waals surface area contributed by atoms with Crippen molar-refractivity contribution in [1.29, 1.82) is 0 Å². The van der Waals surface area contributed by atoms with E-state index in [1.165, 1.54) is 0 Å². The van der Waals surface area contributed by atoms with E-state index in [1.807, 2.05) is 6.07 Å². The van der Waals surface area contributed by atoms with Crippen molar-refractivity contribution in [3.63, 3.8) is 0 Å². The van der Waals surface area contributed by atoms with Crippen molar-refractivity contribution < 1.29 is 23.4 Å². The number of fused-ring (bicyclic) bond motifs is 1. The fraction of sp³-hybridized carbons (Fsp3) is 0.480. The lowest BCUT2D eigenvalue weighted by atomic mass is 9.98. The number of halogens is 1. The molecule has 2 aromatic carbocycles. The Morgan fingerprint density at radius 3 is 2.71 bits per heavy atom. The summed E-state index contributed by atoms with van der Waals surface area (Å²) in [6.45, 7) is 6.78. The number of rotatable bonds is 8. The van der Waals surface area contributed by atoms with Crippen molar-refractivity contribution in [1.82, 2.24) is 4.90 Å². The van der Waals surface area contributed by atoms with Crippen LogP contribution in [0.15, 0.2) is 30.3 Å². The number of nitrogens with zero attached hydrogens (tertiary/aromatic N) is 1. The molecule has 1 fully saturated rings. The molecule has 0 aliphatic carbocycles. The molecule has 2 aliphatic heterocycles. The second-order valence-electron chi connectivity index (χ2n) is 8.31. The number of esters is 1. The minimum atomic E-state index is -0.588. The van der Waals surface area contributed by atoms with E-state index < -0.39 is 5.97 Å². The van der Waals surface area contributed by atoms with Crippen LogP contribution in [0.25, 0.3) is 0 Å². The summed E-state index contributed by atoms with van der Waals surface area (Å²) in [6.07, 6.45) is 4.11. The van der Waals surface area contributed by atoms with Gasteiger partial charge >= 0.3 is 5.97 Å². The first-order valence-electron chi connectivity index (χ1n) is 11.2. The summed E-state index contributed by atoms with van der Waals surface area (Å²) < 4.78 is 32.8. The quantitative estimate of drug-likeness (QED) is 0.336. The molecule has 2 aliphatic rings. The van der Waals surface area contributed by atoms with Crippen molar-refractivity contribution in [3.05, 3.63) is 58.4 Å². The van der Waals surface area contributed by atoms with Gasteiger partial charge in [0, 0.05) is 42.9 Å². The monoisotopic (exact) mass is 427 g/mol. The number of carbonyl (C=O) groups is 1. The van der Waals surface area contributed by atoms with E-state index in [1.54, 1.807) is 31.2 Å². The Morgan fingerprint density at radius 1 is 1.23 bits per heavy atom. The van der Waals surface area contributed by atoms with Gasteiger partial charge in [-0.15, -0.1) is 0 Å². The fourth-order valence-electron chi connectivity index (χ4n) is 4.34. The number of hydrogen-bond donors (Lipinski definition) is 0. The Kier molecular flexibility index (Phi) is 6.88. The van der Waals surface area contributed by atoms with Gasteiger partial charge in [-0.2, -0.15) is 0 Å². The zero-order chi connectivity index (χ0) is 21.8. The Morgan fingerprint density at radius 2 is 2.00 bits per heavy atom. The molecule has 6 heteroatoms. The maximum absolute atomic E-state index is 15.4. The lowest BCUT2D eigenvalue weighted by Crippen LogP contribution is -2.27. The maximum Gasteiger partial charge on any atom is 0.347 e. The zero-order valence-corrected chi connectivity index (χ0v) is 18.3. The van der Waals surface area contributed by atoms with Gasteiger partial charge in [0.25, 0.3) is 0 Å².